The minimum Gasteiger partial charge on any atom is -0.480 e. The van der Waals surface area contributed by atoms with Crippen LogP contribution < -0.4 is 21.3 Å². The van der Waals surface area contributed by atoms with Crippen molar-refractivity contribution < 1.29 is 24.3 Å². The fourth-order valence-corrected chi connectivity index (χ4v) is 3.76. The fraction of sp³-hybridized carbons (Fsp3) is 0.429. The third kappa shape index (κ3) is 10.8. The quantitative estimate of drug-likeness (QED) is 0.234. The molecule has 0 aliphatic rings. The van der Waals surface area contributed by atoms with Gasteiger partial charge in [0.05, 0.1) is 6.04 Å². The lowest BCUT2D eigenvalue weighted by molar-refractivity contribution is -0.139. The predicted octanol–water partition coefficient (Wildman–Crippen LogP) is 3.19. The van der Waals surface area contributed by atoms with Gasteiger partial charge in [-0.2, -0.15) is 0 Å². The maximum absolute atomic E-state index is 13.2. The molecule has 3 atom stereocenters. The molecule has 2 aromatic rings. The van der Waals surface area contributed by atoms with Crippen LogP contribution >= 0.6 is 0 Å². The Hall–Kier alpha value is -3.72. The molecule has 5 N–H and O–H groups in total. The molecule has 0 bridgehead atoms. The molecule has 0 aliphatic carbocycles. The van der Waals surface area contributed by atoms with Gasteiger partial charge < -0.3 is 21.1 Å². The smallest absolute Gasteiger partial charge is 0.320 e. The standard InChI is InChI=1S/C28H38N4O5/c1-19(2)18-24(27(35)31-22-14-8-5-9-15-22)32-26(34)23(30-20(3)28(36)37)16-10-11-17-29-25(33)21-12-6-4-7-13-21/h4-9,12-15,19-20,23-24,30H,10-11,16-18H2,1-3H3,(H,29,33)(H,31,35)(H,32,34)(H,36,37)/t20-,23+,24+/m1/s1. The summed E-state index contributed by atoms with van der Waals surface area (Å²) in [6.07, 6.45) is 1.95. The third-order valence-electron chi connectivity index (χ3n) is 5.76. The molecule has 0 aliphatic heterocycles. The number of hydrogen-bond acceptors (Lipinski definition) is 5. The molecule has 0 fully saturated rings. The van der Waals surface area contributed by atoms with E-state index >= 15 is 0 Å². The first-order chi connectivity index (χ1) is 17.7. The van der Waals surface area contributed by atoms with Crippen molar-refractivity contribution in [1.29, 1.82) is 0 Å². The van der Waals surface area contributed by atoms with Crippen LogP contribution in [0.1, 0.15) is 56.8 Å². The Morgan fingerprint density at radius 3 is 2.03 bits per heavy atom. The number of benzene rings is 2. The maximum Gasteiger partial charge on any atom is 0.320 e. The summed E-state index contributed by atoms with van der Waals surface area (Å²) in [7, 11) is 0. The zero-order chi connectivity index (χ0) is 27.2. The van der Waals surface area contributed by atoms with Gasteiger partial charge in [0.2, 0.25) is 11.8 Å². The Kier molecular flexibility index (Phi) is 12.3. The largest absolute Gasteiger partial charge is 0.480 e. The zero-order valence-corrected chi connectivity index (χ0v) is 21.7. The maximum atomic E-state index is 13.2. The van der Waals surface area contributed by atoms with Crippen molar-refractivity contribution in [3.8, 4) is 0 Å². The molecule has 0 radical (unpaired) electrons. The number of rotatable bonds is 15. The van der Waals surface area contributed by atoms with Crippen LogP contribution in [0.5, 0.6) is 0 Å². The zero-order valence-electron chi connectivity index (χ0n) is 21.7. The molecule has 0 aromatic heterocycles. The normalized spacial score (nSPS) is 13.3. The number of carboxylic acids is 1. The number of anilines is 1. The number of carbonyl (C=O) groups is 4. The molecule has 0 saturated carbocycles. The summed E-state index contributed by atoms with van der Waals surface area (Å²) in [5.41, 5.74) is 1.20. The predicted molar refractivity (Wildman–Crippen MR) is 143 cm³/mol. The van der Waals surface area contributed by atoms with Gasteiger partial charge in [-0.3, -0.25) is 24.5 Å². The van der Waals surface area contributed by atoms with Gasteiger partial charge in [0, 0.05) is 17.8 Å². The highest BCUT2D eigenvalue weighted by Gasteiger charge is 2.28. The van der Waals surface area contributed by atoms with Gasteiger partial charge in [0.25, 0.3) is 5.91 Å². The highest BCUT2D eigenvalue weighted by atomic mass is 16.4. The van der Waals surface area contributed by atoms with Gasteiger partial charge in [-0.1, -0.05) is 50.2 Å². The molecule has 2 rings (SSSR count). The van der Waals surface area contributed by atoms with Crippen LogP contribution in [0.4, 0.5) is 5.69 Å². The summed E-state index contributed by atoms with van der Waals surface area (Å²) in [6, 6.07) is 15.3. The van der Waals surface area contributed by atoms with Crippen LogP contribution in [0.15, 0.2) is 60.7 Å². The van der Waals surface area contributed by atoms with E-state index in [9.17, 15) is 24.3 Å². The lowest BCUT2D eigenvalue weighted by atomic mass is 10.0. The van der Waals surface area contributed by atoms with Gasteiger partial charge in [-0.25, -0.2) is 0 Å². The summed E-state index contributed by atoms with van der Waals surface area (Å²) in [5, 5.41) is 20.7. The highest BCUT2D eigenvalue weighted by molar-refractivity contribution is 5.98. The van der Waals surface area contributed by atoms with Crippen molar-refractivity contribution in [2.24, 2.45) is 5.92 Å². The van der Waals surface area contributed by atoms with Crippen molar-refractivity contribution in [1.82, 2.24) is 16.0 Å². The Morgan fingerprint density at radius 2 is 1.43 bits per heavy atom. The molecule has 0 saturated heterocycles. The first-order valence-electron chi connectivity index (χ1n) is 12.7. The van der Waals surface area contributed by atoms with Crippen LogP contribution in [0.25, 0.3) is 0 Å². The second-order valence-corrected chi connectivity index (χ2v) is 9.44. The van der Waals surface area contributed by atoms with Crippen LogP contribution in [0.2, 0.25) is 0 Å². The number of nitrogens with one attached hydrogen (secondary N) is 4. The van der Waals surface area contributed by atoms with Crippen LogP contribution in [0, 0.1) is 5.92 Å². The van der Waals surface area contributed by atoms with Crippen molar-refractivity contribution in [3.05, 3.63) is 66.2 Å². The molecule has 9 nitrogen and oxygen atoms in total. The molecule has 2 aromatic carbocycles. The number of unbranched alkanes of at least 4 members (excludes halogenated alkanes) is 1. The van der Waals surface area contributed by atoms with Crippen molar-refractivity contribution >= 4 is 29.4 Å². The second-order valence-electron chi connectivity index (χ2n) is 9.44. The van der Waals surface area contributed by atoms with Crippen molar-refractivity contribution in [2.75, 3.05) is 11.9 Å². The molecule has 200 valence electrons. The average molecular weight is 511 g/mol. The van der Waals surface area contributed by atoms with Crippen molar-refractivity contribution in [3.63, 3.8) is 0 Å². The van der Waals surface area contributed by atoms with E-state index in [0.29, 0.717) is 43.5 Å². The molecule has 9 heteroatoms. The van der Waals surface area contributed by atoms with E-state index in [4.69, 9.17) is 0 Å². The van der Waals surface area contributed by atoms with E-state index in [1.165, 1.54) is 6.92 Å². The van der Waals surface area contributed by atoms with Gasteiger partial charge >= 0.3 is 5.97 Å². The molecule has 0 spiro atoms. The second kappa shape index (κ2) is 15.4. The van der Waals surface area contributed by atoms with Gasteiger partial charge in [0.15, 0.2) is 0 Å². The first-order valence-corrected chi connectivity index (χ1v) is 12.7. The molecular formula is C28H38N4O5. The van der Waals surface area contributed by atoms with E-state index < -0.39 is 30.0 Å². The number of aliphatic carboxylic acids is 1. The van der Waals surface area contributed by atoms with Gasteiger partial charge in [-0.05, 0) is 62.8 Å². The molecule has 0 heterocycles. The van der Waals surface area contributed by atoms with Crippen LogP contribution in [-0.4, -0.2) is 53.5 Å². The van der Waals surface area contributed by atoms with Gasteiger partial charge in [-0.15, -0.1) is 0 Å². The minimum absolute atomic E-state index is 0.143. The monoisotopic (exact) mass is 510 g/mol. The Bertz CT molecular complexity index is 1010. The van der Waals surface area contributed by atoms with E-state index in [1.807, 2.05) is 26.0 Å². The van der Waals surface area contributed by atoms with E-state index in [0.717, 1.165) is 0 Å². The molecule has 3 amide bonds. The van der Waals surface area contributed by atoms with E-state index in [1.54, 1.807) is 48.5 Å². The number of para-hydroxylation sites is 1. The number of hydrogen-bond donors (Lipinski definition) is 5. The van der Waals surface area contributed by atoms with E-state index in [-0.39, 0.29) is 17.7 Å². The highest BCUT2D eigenvalue weighted by Crippen LogP contribution is 2.12. The lowest BCUT2D eigenvalue weighted by Gasteiger charge is -2.25. The average Bonchev–Trinajstić information content (AvgIpc) is 2.87. The molecule has 37 heavy (non-hydrogen) atoms. The summed E-state index contributed by atoms with van der Waals surface area (Å²) in [6.45, 7) is 5.81. The van der Waals surface area contributed by atoms with E-state index in [2.05, 4.69) is 21.3 Å². The number of carbonyl (C=O) groups excluding carboxylic acids is 3. The Morgan fingerprint density at radius 1 is 0.811 bits per heavy atom. The summed E-state index contributed by atoms with van der Waals surface area (Å²) in [4.78, 5) is 49.7. The third-order valence-corrected chi connectivity index (χ3v) is 5.76. The van der Waals surface area contributed by atoms with Crippen LogP contribution in [-0.2, 0) is 14.4 Å². The topological polar surface area (TPSA) is 137 Å². The summed E-state index contributed by atoms with van der Waals surface area (Å²) < 4.78 is 0. The number of carboxylic acid groups (broad SMARTS) is 1. The van der Waals surface area contributed by atoms with Gasteiger partial charge in [0.1, 0.15) is 12.1 Å². The Labute approximate surface area is 218 Å². The lowest BCUT2D eigenvalue weighted by Crippen LogP contribution is -2.54. The fourth-order valence-electron chi connectivity index (χ4n) is 3.76. The molecular weight excluding hydrogens is 472 g/mol. The summed E-state index contributed by atoms with van der Waals surface area (Å²) in [5.74, 6) is -1.87. The molecule has 0 unspecified atom stereocenters. The van der Waals surface area contributed by atoms with Crippen LogP contribution in [0.3, 0.4) is 0 Å². The SMILES string of the molecule is CC(C)C[C@H](NC(=O)[C@H](CCCCNC(=O)c1ccccc1)N[C@H](C)C(=O)O)C(=O)Nc1ccccc1. The number of amides is 3. The minimum atomic E-state index is -1.08. The van der Waals surface area contributed by atoms with Crippen molar-refractivity contribution in [2.45, 2.75) is 64.6 Å². The summed E-state index contributed by atoms with van der Waals surface area (Å²) >= 11 is 0. The Balaban J connectivity index is 1.97. The first kappa shape index (κ1) is 29.5.